The van der Waals surface area contributed by atoms with E-state index in [1.165, 1.54) is 11.8 Å². The predicted octanol–water partition coefficient (Wildman–Crippen LogP) is 2.40. The Morgan fingerprint density at radius 3 is 2.52 bits per heavy atom. The second-order valence-electron chi connectivity index (χ2n) is 4.23. The maximum atomic E-state index is 10.9. The Kier molecular flexibility index (Phi) is 4.95. The van der Waals surface area contributed by atoms with Crippen LogP contribution in [0.5, 0.6) is 0 Å². The maximum absolute atomic E-state index is 10.9. The lowest BCUT2D eigenvalue weighted by Gasteiger charge is -2.10. The van der Waals surface area contributed by atoms with E-state index in [0.717, 1.165) is 16.3 Å². The standard InChI is InChI=1S/C14H14ClN3O2S/c15-11-6-5-8(9-3-1-2-4-10(9)11)7-21-13(16)12(18-17)14(19)20/h1-6,18H,7,16-17H2,(H,19,20)/b13-12+. The molecule has 110 valence electrons. The molecular formula is C14H14ClN3O2S. The largest absolute Gasteiger partial charge is 0.476 e. The van der Waals surface area contributed by atoms with Crippen LogP contribution in [0.15, 0.2) is 47.1 Å². The lowest BCUT2D eigenvalue weighted by atomic mass is 10.1. The Hall–Kier alpha value is -1.89. The van der Waals surface area contributed by atoms with Crippen molar-refractivity contribution in [2.24, 2.45) is 11.6 Å². The molecule has 0 radical (unpaired) electrons. The van der Waals surface area contributed by atoms with Crippen molar-refractivity contribution in [1.29, 1.82) is 0 Å². The van der Waals surface area contributed by atoms with E-state index in [-0.39, 0.29) is 10.7 Å². The number of hydrazine groups is 1. The quantitative estimate of drug-likeness (QED) is 0.383. The number of nitrogens with two attached hydrogens (primary N) is 2. The summed E-state index contributed by atoms with van der Waals surface area (Å²) in [7, 11) is 0. The minimum atomic E-state index is -1.19. The van der Waals surface area contributed by atoms with Crippen LogP contribution < -0.4 is 17.0 Å². The summed E-state index contributed by atoms with van der Waals surface area (Å²) in [6.45, 7) is 0. The van der Waals surface area contributed by atoms with Crippen molar-refractivity contribution in [3.63, 3.8) is 0 Å². The minimum absolute atomic E-state index is 0.129. The molecule has 0 unspecified atom stereocenters. The first kappa shape index (κ1) is 15.5. The number of carboxylic acids is 1. The Morgan fingerprint density at radius 1 is 1.24 bits per heavy atom. The topological polar surface area (TPSA) is 101 Å². The highest BCUT2D eigenvalue weighted by Crippen LogP contribution is 2.30. The van der Waals surface area contributed by atoms with Gasteiger partial charge in [-0.05, 0) is 17.0 Å². The van der Waals surface area contributed by atoms with Crippen LogP contribution in [0.3, 0.4) is 0 Å². The molecule has 2 rings (SSSR count). The van der Waals surface area contributed by atoms with Gasteiger partial charge in [0.05, 0.1) is 5.03 Å². The van der Waals surface area contributed by atoms with E-state index in [1.54, 1.807) is 0 Å². The molecule has 0 saturated heterocycles. The lowest BCUT2D eigenvalue weighted by molar-refractivity contribution is -0.133. The number of benzene rings is 2. The molecule has 21 heavy (non-hydrogen) atoms. The number of thioether (sulfide) groups is 1. The molecule has 5 nitrogen and oxygen atoms in total. The second kappa shape index (κ2) is 6.71. The zero-order valence-electron chi connectivity index (χ0n) is 11.0. The van der Waals surface area contributed by atoms with Crippen LogP contribution in [-0.4, -0.2) is 11.1 Å². The van der Waals surface area contributed by atoms with Gasteiger partial charge in [0, 0.05) is 16.2 Å². The molecule has 2 aromatic carbocycles. The fraction of sp³-hybridized carbons (Fsp3) is 0.0714. The van der Waals surface area contributed by atoms with Gasteiger partial charge in [0.1, 0.15) is 0 Å². The molecule has 0 aliphatic carbocycles. The number of hydrogen-bond donors (Lipinski definition) is 4. The average molecular weight is 324 g/mol. The highest BCUT2D eigenvalue weighted by Gasteiger charge is 2.12. The van der Waals surface area contributed by atoms with Crippen molar-refractivity contribution in [2.75, 3.05) is 0 Å². The molecule has 6 N–H and O–H groups in total. The van der Waals surface area contributed by atoms with Gasteiger partial charge in [-0.15, -0.1) is 11.8 Å². The third kappa shape index (κ3) is 3.41. The molecule has 0 aromatic heterocycles. The van der Waals surface area contributed by atoms with E-state index in [9.17, 15) is 4.79 Å². The van der Waals surface area contributed by atoms with E-state index >= 15 is 0 Å². The third-order valence-electron chi connectivity index (χ3n) is 2.95. The van der Waals surface area contributed by atoms with Gasteiger partial charge in [-0.1, -0.05) is 41.9 Å². The van der Waals surface area contributed by atoms with Crippen molar-refractivity contribution in [2.45, 2.75) is 5.75 Å². The number of carboxylic acid groups (broad SMARTS) is 1. The van der Waals surface area contributed by atoms with Crippen molar-refractivity contribution >= 4 is 40.1 Å². The number of hydrogen-bond acceptors (Lipinski definition) is 5. The van der Waals surface area contributed by atoms with E-state index in [4.69, 9.17) is 28.3 Å². The first-order chi connectivity index (χ1) is 10.0. The van der Waals surface area contributed by atoms with Crippen molar-refractivity contribution in [1.82, 2.24) is 5.43 Å². The second-order valence-corrected chi connectivity index (χ2v) is 5.65. The fourth-order valence-electron chi connectivity index (χ4n) is 1.92. The zero-order valence-corrected chi connectivity index (χ0v) is 12.5. The normalized spacial score (nSPS) is 12.1. The summed E-state index contributed by atoms with van der Waals surface area (Å²) in [4.78, 5) is 10.9. The Morgan fingerprint density at radius 2 is 1.90 bits per heavy atom. The summed E-state index contributed by atoms with van der Waals surface area (Å²) < 4.78 is 0. The van der Waals surface area contributed by atoms with Crippen LogP contribution in [0.1, 0.15) is 5.56 Å². The molecule has 0 aliphatic heterocycles. The number of halogens is 1. The Labute approximate surface area is 130 Å². The van der Waals surface area contributed by atoms with Gasteiger partial charge >= 0.3 is 5.97 Å². The van der Waals surface area contributed by atoms with Crippen molar-refractivity contribution < 1.29 is 9.90 Å². The molecule has 7 heteroatoms. The summed E-state index contributed by atoms with van der Waals surface area (Å²) in [6.07, 6.45) is 0. The van der Waals surface area contributed by atoms with Gasteiger partial charge in [-0.25, -0.2) is 4.79 Å². The lowest BCUT2D eigenvalue weighted by Crippen LogP contribution is -2.29. The smallest absolute Gasteiger partial charge is 0.356 e. The summed E-state index contributed by atoms with van der Waals surface area (Å²) in [5, 5.41) is 11.7. The first-order valence-corrected chi connectivity index (χ1v) is 7.39. The molecule has 0 bridgehead atoms. The molecule has 0 fully saturated rings. The minimum Gasteiger partial charge on any atom is -0.476 e. The van der Waals surface area contributed by atoms with Crippen molar-refractivity contribution in [3.8, 4) is 0 Å². The van der Waals surface area contributed by atoms with Gasteiger partial charge in [0.2, 0.25) is 0 Å². The highest BCUT2D eigenvalue weighted by molar-refractivity contribution is 8.02. The number of aliphatic carboxylic acids is 1. The monoisotopic (exact) mass is 323 g/mol. The predicted molar refractivity (Wildman–Crippen MR) is 86.4 cm³/mol. The van der Waals surface area contributed by atoms with Crippen LogP contribution in [-0.2, 0) is 10.5 Å². The molecule has 0 saturated carbocycles. The summed E-state index contributed by atoms with van der Waals surface area (Å²) in [5.74, 6) is 4.48. The van der Waals surface area contributed by atoms with Gasteiger partial charge in [-0.3, -0.25) is 5.84 Å². The SMILES string of the molecule is NN/C(C(=O)O)=C(\N)SCc1ccc(Cl)c2ccccc12. The molecule has 0 spiro atoms. The maximum Gasteiger partial charge on any atom is 0.356 e. The summed E-state index contributed by atoms with van der Waals surface area (Å²) >= 11 is 7.36. The van der Waals surface area contributed by atoms with Crippen LogP contribution in [0.25, 0.3) is 10.8 Å². The Bertz CT molecular complexity index is 718. The molecular weight excluding hydrogens is 310 g/mol. The highest BCUT2D eigenvalue weighted by atomic mass is 35.5. The van der Waals surface area contributed by atoms with E-state index in [1.807, 2.05) is 36.4 Å². The molecule has 0 amide bonds. The van der Waals surface area contributed by atoms with Crippen LogP contribution in [0, 0.1) is 0 Å². The van der Waals surface area contributed by atoms with E-state index < -0.39 is 5.97 Å². The molecule has 0 atom stereocenters. The van der Waals surface area contributed by atoms with Gasteiger partial charge in [0.25, 0.3) is 0 Å². The van der Waals surface area contributed by atoms with E-state index in [0.29, 0.717) is 10.8 Å². The van der Waals surface area contributed by atoms with Crippen LogP contribution in [0.2, 0.25) is 5.02 Å². The van der Waals surface area contributed by atoms with Gasteiger partial charge in [0.15, 0.2) is 5.70 Å². The van der Waals surface area contributed by atoms with Crippen LogP contribution in [0.4, 0.5) is 0 Å². The Balaban J connectivity index is 2.29. The molecule has 0 aliphatic rings. The first-order valence-electron chi connectivity index (χ1n) is 6.03. The average Bonchev–Trinajstić information content (AvgIpc) is 2.47. The van der Waals surface area contributed by atoms with Crippen molar-refractivity contribution in [3.05, 3.63) is 57.7 Å². The summed E-state index contributed by atoms with van der Waals surface area (Å²) in [6, 6.07) is 11.5. The van der Waals surface area contributed by atoms with Crippen LogP contribution >= 0.6 is 23.4 Å². The summed E-state index contributed by atoms with van der Waals surface area (Å²) in [5.41, 5.74) is 8.65. The molecule has 0 heterocycles. The number of fused-ring (bicyclic) bond motifs is 1. The van der Waals surface area contributed by atoms with Gasteiger partial charge in [-0.2, -0.15) is 0 Å². The number of nitrogens with one attached hydrogen (secondary N) is 1. The zero-order chi connectivity index (χ0) is 15.4. The number of carbonyl (C=O) groups is 1. The van der Waals surface area contributed by atoms with E-state index in [2.05, 4.69) is 5.43 Å². The van der Waals surface area contributed by atoms with Gasteiger partial charge < -0.3 is 16.3 Å². The number of rotatable bonds is 5. The molecule has 2 aromatic rings. The fourth-order valence-corrected chi connectivity index (χ4v) is 3.00. The third-order valence-corrected chi connectivity index (χ3v) is 4.25.